The topological polar surface area (TPSA) is 27.8 Å². The molecule has 0 saturated heterocycles. The van der Waals surface area contributed by atoms with E-state index in [1.807, 2.05) is 12.3 Å². The number of H-pyrrole nitrogens is 1. The third-order valence-electron chi connectivity index (χ3n) is 3.09. The van der Waals surface area contributed by atoms with Gasteiger partial charge in [0.1, 0.15) is 0 Å². The predicted molar refractivity (Wildman–Crippen MR) is 54.5 cm³/mol. The van der Waals surface area contributed by atoms with Gasteiger partial charge in [0, 0.05) is 25.0 Å². The highest BCUT2D eigenvalue weighted by Crippen LogP contribution is 2.39. The molecule has 0 spiro atoms. The van der Waals surface area contributed by atoms with Crippen molar-refractivity contribution in [2.45, 2.75) is 32.7 Å². The molecule has 2 nitrogen and oxygen atoms in total. The molecule has 1 heterocycles. The van der Waals surface area contributed by atoms with Crippen LogP contribution in [0, 0.1) is 5.41 Å². The fourth-order valence-electron chi connectivity index (χ4n) is 1.93. The average molecular weight is 178 g/mol. The molecule has 2 heteroatoms. The number of hydrogen-bond donors (Lipinski definition) is 2. The Morgan fingerprint density at radius 2 is 2.38 bits per heavy atom. The van der Waals surface area contributed by atoms with Crippen LogP contribution in [0.3, 0.4) is 0 Å². The van der Waals surface area contributed by atoms with Crippen LogP contribution in [0.1, 0.15) is 31.9 Å². The lowest BCUT2D eigenvalue weighted by molar-refractivity contribution is 0.156. The summed E-state index contributed by atoms with van der Waals surface area (Å²) < 4.78 is 0. The molecule has 1 saturated carbocycles. The van der Waals surface area contributed by atoms with E-state index in [9.17, 15) is 0 Å². The number of aromatic amines is 1. The monoisotopic (exact) mass is 178 g/mol. The van der Waals surface area contributed by atoms with E-state index in [-0.39, 0.29) is 0 Å². The molecule has 1 aliphatic rings. The average Bonchev–Trinajstić information content (AvgIpc) is 2.54. The summed E-state index contributed by atoms with van der Waals surface area (Å²) in [4.78, 5) is 3.20. The van der Waals surface area contributed by atoms with Crippen molar-refractivity contribution in [3.05, 3.63) is 24.0 Å². The van der Waals surface area contributed by atoms with E-state index in [0.717, 1.165) is 13.1 Å². The first-order valence-corrected chi connectivity index (χ1v) is 5.12. The fraction of sp³-hybridized carbons (Fsp3) is 0.636. The van der Waals surface area contributed by atoms with Crippen LogP contribution in [0.25, 0.3) is 0 Å². The lowest BCUT2D eigenvalue weighted by Gasteiger charge is -2.38. The molecule has 0 amide bonds. The Balaban J connectivity index is 1.69. The van der Waals surface area contributed by atoms with Gasteiger partial charge in [-0.25, -0.2) is 0 Å². The standard InChI is InChI=1S/C11H18N2/c1-11(5-3-6-11)9-12-8-10-4-2-7-13-10/h2,4,7,12-13H,3,5-6,8-9H2,1H3. The molecule has 0 aromatic carbocycles. The van der Waals surface area contributed by atoms with Crippen molar-refractivity contribution < 1.29 is 0 Å². The minimum absolute atomic E-state index is 0.590. The summed E-state index contributed by atoms with van der Waals surface area (Å²) in [5.41, 5.74) is 1.87. The summed E-state index contributed by atoms with van der Waals surface area (Å²) >= 11 is 0. The molecule has 1 fully saturated rings. The SMILES string of the molecule is CC1(CNCc2ccc[nH]2)CCC1. The summed E-state index contributed by atoms with van der Waals surface area (Å²) in [7, 11) is 0. The van der Waals surface area contributed by atoms with Crippen molar-refractivity contribution in [1.29, 1.82) is 0 Å². The zero-order valence-corrected chi connectivity index (χ0v) is 8.27. The van der Waals surface area contributed by atoms with E-state index >= 15 is 0 Å². The molecule has 0 unspecified atom stereocenters. The lowest BCUT2D eigenvalue weighted by Crippen LogP contribution is -2.37. The number of nitrogens with one attached hydrogen (secondary N) is 2. The molecule has 0 atom stereocenters. The Morgan fingerprint density at radius 1 is 1.54 bits per heavy atom. The van der Waals surface area contributed by atoms with Crippen LogP contribution in [0.2, 0.25) is 0 Å². The zero-order chi connectivity index (χ0) is 9.15. The molecule has 0 radical (unpaired) electrons. The van der Waals surface area contributed by atoms with Gasteiger partial charge in [0.25, 0.3) is 0 Å². The van der Waals surface area contributed by atoms with Crippen LogP contribution in [0.15, 0.2) is 18.3 Å². The van der Waals surface area contributed by atoms with Crippen molar-refractivity contribution in [3.63, 3.8) is 0 Å². The molecular formula is C11H18N2. The number of rotatable bonds is 4. The summed E-state index contributed by atoms with van der Waals surface area (Å²) in [6.07, 6.45) is 6.18. The molecule has 2 N–H and O–H groups in total. The van der Waals surface area contributed by atoms with Crippen molar-refractivity contribution in [3.8, 4) is 0 Å². The predicted octanol–water partition coefficient (Wildman–Crippen LogP) is 2.29. The second kappa shape index (κ2) is 3.54. The summed E-state index contributed by atoms with van der Waals surface area (Å²) in [6, 6.07) is 4.16. The Kier molecular flexibility index (Phi) is 2.40. The van der Waals surface area contributed by atoms with E-state index in [0.29, 0.717) is 5.41 Å². The number of aromatic nitrogens is 1. The summed E-state index contributed by atoms with van der Waals surface area (Å²) in [5, 5.41) is 3.50. The Labute approximate surface area is 79.7 Å². The number of hydrogen-bond acceptors (Lipinski definition) is 1. The first-order valence-electron chi connectivity index (χ1n) is 5.12. The van der Waals surface area contributed by atoms with Gasteiger partial charge in [-0.2, -0.15) is 0 Å². The van der Waals surface area contributed by atoms with Gasteiger partial charge in [0.2, 0.25) is 0 Å². The van der Waals surface area contributed by atoms with Crippen molar-refractivity contribution in [2.24, 2.45) is 5.41 Å². The normalized spacial score (nSPS) is 19.8. The van der Waals surface area contributed by atoms with Crippen LogP contribution in [0.5, 0.6) is 0 Å². The first kappa shape index (κ1) is 8.82. The summed E-state index contributed by atoms with van der Waals surface area (Å²) in [6.45, 7) is 4.51. The van der Waals surface area contributed by atoms with Crippen molar-refractivity contribution in [1.82, 2.24) is 10.3 Å². The van der Waals surface area contributed by atoms with E-state index < -0.39 is 0 Å². The second-order valence-electron chi connectivity index (χ2n) is 4.46. The second-order valence-corrected chi connectivity index (χ2v) is 4.46. The van der Waals surface area contributed by atoms with Gasteiger partial charge < -0.3 is 10.3 Å². The lowest BCUT2D eigenvalue weighted by atomic mass is 9.70. The van der Waals surface area contributed by atoms with Crippen LogP contribution in [-0.2, 0) is 6.54 Å². The Morgan fingerprint density at radius 3 is 2.92 bits per heavy atom. The van der Waals surface area contributed by atoms with E-state index in [2.05, 4.69) is 23.3 Å². The zero-order valence-electron chi connectivity index (χ0n) is 8.27. The Hall–Kier alpha value is -0.760. The van der Waals surface area contributed by atoms with Gasteiger partial charge in [-0.1, -0.05) is 13.3 Å². The van der Waals surface area contributed by atoms with Gasteiger partial charge in [0.15, 0.2) is 0 Å². The van der Waals surface area contributed by atoms with E-state index in [4.69, 9.17) is 0 Å². The quantitative estimate of drug-likeness (QED) is 0.727. The van der Waals surface area contributed by atoms with Crippen LogP contribution >= 0.6 is 0 Å². The maximum absolute atomic E-state index is 3.50. The third-order valence-corrected chi connectivity index (χ3v) is 3.09. The molecule has 1 aliphatic carbocycles. The van der Waals surface area contributed by atoms with Crippen molar-refractivity contribution >= 4 is 0 Å². The van der Waals surface area contributed by atoms with E-state index in [1.54, 1.807) is 0 Å². The van der Waals surface area contributed by atoms with Crippen molar-refractivity contribution in [2.75, 3.05) is 6.54 Å². The molecule has 0 bridgehead atoms. The maximum Gasteiger partial charge on any atom is 0.0357 e. The molecule has 1 aromatic heterocycles. The molecular weight excluding hydrogens is 160 g/mol. The van der Waals surface area contributed by atoms with Gasteiger partial charge in [0.05, 0.1) is 0 Å². The first-order chi connectivity index (χ1) is 6.29. The maximum atomic E-state index is 3.50. The van der Waals surface area contributed by atoms with Crippen LogP contribution in [0.4, 0.5) is 0 Å². The third kappa shape index (κ3) is 2.13. The highest BCUT2D eigenvalue weighted by Gasteiger charge is 2.30. The van der Waals surface area contributed by atoms with Gasteiger partial charge in [-0.3, -0.25) is 0 Å². The summed E-state index contributed by atoms with van der Waals surface area (Å²) in [5.74, 6) is 0. The van der Waals surface area contributed by atoms with E-state index in [1.165, 1.54) is 25.0 Å². The van der Waals surface area contributed by atoms with Gasteiger partial charge in [-0.15, -0.1) is 0 Å². The molecule has 13 heavy (non-hydrogen) atoms. The smallest absolute Gasteiger partial charge is 0.0357 e. The van der Waals surface area contributed by atoms with Crippen LogP contribution < -0.4 is 5.32 Å². The molecule has 1 aromatic rings. The fourth-order valence-corrected chi connectivity index (χ4v) is 1.93. The largest absolute Gasteiger partial charge is 0.364 e. The van der Waals surface area contributed by atoms with Gasteiger partial charge in [-0.05, 0) is 30.4 Å². The molecule has 72 valence electrons. The van der Waals surface area contributed by atoms with Gasteiger partial charge >= 0.3 is 0 Å². The highest BCUT2D eigenvalue weighted by atomic mass is 14.9. The highest BCUT2D eigenvalue weighted by molar-refractivity contribution is 5.03. The minimum Gasteiger partial charge on any atom is -0.364 e. The Bertz CT molecular complexity index is 247. The molecule has 0 aliphatic heterocycles. The van der Waals surface area contributed by atoms with Crippen LogP contribution in [-0.4, -0.2) is 11.5 Å². The minimum atomic E-state index is 0.590. The molecule has 2 rings (SSSR count).